The maximum Gasteiger partial charge on any atom is 0.0669 e. The molecule has 2 aromatic rings. The molecule has 0 unspecified atom stereocenters. The van der Waals surface area contributed by atoms with E-state index < -0.39 is 0 Å². The third kappa shape index (κ3) is 1.84. The first-order chi connectivity index (χ1) is 6.90. The van der Waals surface area contributed by atoms with E-state index in [1.807, 2.05) is 12.1 Å². The molecule has 0 aliphatic carbocycles. The van der Waals surface area contributed by atoms with Crippen LogP contribution in [0.2, 0.25) is 0 Å². The third-order valence-electron chi connectivity index (χ3n) is 2.09. The number of hydrogen-bond acceptors (Lipinski definition) is 2. The zero-order chi connectivity index (χ0) is 9.80. The molecule has 2 rings (SSSR count). The molecule has 0 amide bonds. The lowest BCUT2D eigenvalue weighted by molar-refractivity contribution is 1.26. The van der Waals surface area contributed by atoms with Crippen LogP contribution in [0.15, 0.2) is 41.1 Å². The van der Waals surface area contributed by atoms with Crippen LogP contribution in [0.5, 0.6) is 0 Å². The molecule has 0 radical (unpaired) electrons. The van der Waals surface area contributed by atoms with Crippen LogP contribution in [-0.2, 0) is 6.42 Å². The van der Waals surface area contributed by atoms with E-state index in [1.165, 1.54) is 11.1 Å². The van der Waals surface area contributed by atoms with Gasteiger partial charge in [-0.25, -0.2) is 0 Å². The standard InChI is InChI=1S/C12H9NS/c13-7-5-10-1-3-11(4-2-10)12-6-8-14-9-12/h1-4,6,8-9H,5H2. The molecule has 0 bridgehead atoms. The number of hydrogen-bond donors (Lipinski definition) is 0. The van der Waals surface area contributed by atoms with Gasteiger partial charge in [0.05, 0.1) is 12.5 Å². The van der Waals surface area contributed by atoms with E-state index in [4.69, 9.17) is 5.26 Å². The zero-order valence-corrected chi connectivity index (χ0v) is 8.42. The number of thiophene rings is 1. The molecule has 2 heteroatoms. The van der Waals surface area contributed by atoms with Crippen molar-refractivity contribution in [1.29, 1.82) is 5.26 Å². The highest BCUT2D eigenvalue weighted by atomic mass is 32.1. The molecule has 0 N–H and O–H groups in total. The van der Waals surface area contributed by atoms with Gasteiger partial charge in [-0.3, -0.25) is 0 Å². The van der Waals surface area contributed by atoms with Gasteiger partial charge in [-0.15, -0.1) is 0 Å². The summed E-state index contributed by atoms with van der Waals surface area (Å²) in [6.45, 7) is 0. The van der Waals surface area contributed by atoms with Crippen molar-refractivity contribution in [3.05, 3.63) is 46.7 Å². The largest absolute Gasteiger partial charge is 0.198 e. The second-order valence-electron chi connectivity index (χ2n) is 3.04. The second-order valence-corrected chi connectivity index (χ2v) is 3.82. The quantitative estimate of drug-likeness (QED) is 0.726. The molecule has 14 heavy (non-hydrogen) atoms. The number of nitriles is 1. The van der Waals surface area contributed by atoms with Crippen molar-refractivity contribution in [2.75, 3.05) is 0 Å². The normalized spacial score (nSPS) is 9.64. The minimum atomic E-state index is 0.490. The van der Waals surface area contributed by atoms with E-state index >= 15 is 0 Å². The van der Waals surface area contributed by atoms with E-state index in [9.17, 15) is 0 Å². The lowest BCUT2D eigenvalue weighted by Crippen LogP contribution is -1.80. The Kier molecular flexibility index (Phi) is 2.62. The van der Waals surface area contributed by atoms with Crippen molar-refractivity contribution in [3.8, 4) is 17.2 Å². The maximum absolute atomic E-state index is 8.52. The first kappa shape index (κ1) is 8.98. The summed E-state index contributed by atoms with van der Waals surface area (Å²) in [6.07, 6.45) is 0.490. The Morgan fingerprint density at radius 2 is 1.86 bits per heavy atom. The van der Waals surface area contributed by atoms with Gasteiger partial charge in [0.25, 0.3) is 0 Å². The number of rotatable bonds is 2. The third-order valence-corrected chi connectivity index (χ3v) is 2.77. The molecule has 1 nitrogen and oxygen atoms in total. The summed E-state index contributed by atoms with van der Waals surface area (Å²) in [5.74, 6) is 0. The smallest absolute Gasteiger partial charge is 0.0669 e. The van der Waals surface area contributed by atoms with Gasteiger partial charge in [0, 0.05) is 0 Å². The highest BCUT2D eigenvalue weighted by molar-refractivity contribution is 7.08. The van der Waals surface area contributed by atoms with Crippen LogP contribution in [0, 0.1) is 11.3 Å². The summed E-state index contributed by atoms with van der Waals surface area (Å²) in [5.41, 5.74) is 3.54. The molecule has 1 heterocycles. The van der Waals surface area contributed by atoms with Crippen molar-refractivity contribution >= 4 is 11.3 Å². The predicted octanol–water partition coefficient (Wildman–Crippen LogP) is 3.48. The van der Waals surface area contributed by atoms with Crippen LogP contribution < -0.4 is 0 Å². The molecule has 0 saturated heterocycles. The van der Waals surface area contributed by atoms with Crippen molar-refractivity contribution in [2.45, 2.75) is 6.42 Å². The lowest BCUT2D eigenvalue weighted by atomic mass is 10.1. The van der Waals surface area contributed by atoms with Gasteiger partial charge in [-0.05, 0) is 33.5 Å². The number of nitrogens with zero attached hydrogens (tertiary/aromatic N) is 1. The fourth-order valence-electron chi connectivity index (χ4n) is 1.34. The van der Waals surface area contributed by atoms with Crippen LogP contribution >= 0.6 is 11.3 Å². The molecule has 0 saturated carbocycles. The Hall–Kier alpha value is -1.59. The van der Waals surface area contributed by atoms with Gasteiger partial charge >= 0.3 is 0 Å². The van der Waals surface area contributed by atoms with Gasteiger partial charge in [0.1, 0.15) is 0 Å². The second kappa shape index (κ2) is 4.08. The predicted molar refractivity (Wildman–Crippen MR) is 59.1 cm³/mol. The van der Waals surface area contributed by atoms with Gasteiger partial charge < -0.3 is 0 Å². The van der Waals surface area contributed by atoms with E-state index in [-0.39, 0.29) is 0 Å². The molecule has 1 aromatic carbocycles. The highest BCUT2D eigenvalue weighted by Gasteiger charge is 1.97. The van der Waals surface area contributed by atoms with Gasteiger partial charge in [0.2, 0.25) is 0 Å². The highest BCUT2D eigenvalue weighted by Crippen LogP contribution is 2.22. The van der Waals surface area contributed by atoms with Crippen molar-refractivity contribution in [3.63, 3.8) is 0 Å². The van der Waals surface area contributed by atoms with Crippen LogP contribution in [0.3, 0.4) is 0 Å². The molecule has 0 aliphatic heterocycles. The summed E-state index contributed by atoms with van der Waals surface area (Å²) in [6, 6.07) is 12.4. The zero-order valence-electron chi connectivity index (χ0n) is 7.60. The van der Waals surface area contributed by atoms with Crippen molar-refractivity contribution in [2.24, 2.45) is 0 Å². The van der Waals surface area contributed by atoms with Crippen LogP contribution in [0.4, 0.5) is 0 Å². The Labute approximate surface area is 87.3 Å². The van der Waals surface area contributed by atoms with Crippen LogP contribution in [-0.4, -0.2) is 0 Å². The molecule has 1 aromatic heterocycles. The average Bonchev–Trinajstić information content (AvgIpc) is 2.72. The fraction of sp³-hybridized carbons (Fsp3) is 0.0833. The minimum absolute atomic E-state index is 0.490. The Morgan fingerprint density at radius 3 is 2.43 bits per heavy atom. The summed E-state index contributed by atoms with van der Waals surface area (Å²) < 4.78 is 0. The molecule has 0 spiro atoms. The molecule has 0 aliphatic rings. The van der Waals surface area contributed by atoms with E-state index in [2.05, 4.69) is 35.0 Å². The average molecular weight is 199 g/mol. The Morgan fingerprint density at radius 1 is 1.07 bits per heavy atom. The number of benzene rings is 1. The van der Waals surface area contributed by atoms with Gasteiger partial charge in [-0.2, -0.15) is 16.6 Å². The minimum Gasteiger partial charge on any atom is -0.198 e. The van der Waals surface area contributed by atoms with E-state index in [1.54, 1.807) is 11.3 Å². The maximum atomic E-state index is 8.52. The molecule has 0 fully saturated rings. The molecule has 68 valence electrons. The Balaban J connectivity index is 2.27. The molecule has 0 atom stereocenters. The lowest BCUT2D eigenvalue weighted by Gasteiger charge is -1.98. The summed E-state index contributed by atoms with van der Waals surface area (Å²) in [5, 5.41) is 12.7. The SMILES string of the molecule is N#CCc1ccc(-c2ccsc2)cc1. The summed E-state index contributed by atoms with van der Waals surface area (Å²) in [7, 11) is 0. The first-order valence-corrected chi connectivity index (χ1v) is 5.33. The van der Waals surface area contributed by atoms with Gasteiger partial charge in [-0.1, -0.05) is 24.3 Å². The van der Waals surface area contributed by atoms with Crippen molar-refractivity contribution < 1.29 is 0 Å². The fourth-order valence-corrected chi connectivity index (χ4v) is 2.00. The monoisotopic (exact) mass is 199 g/mol. The summed E-state index contributed by atoms with van der Waals surface area (Å²) in [4.78, 5) is 0. The molecular formula is C12H9NS. The van der Waals surface area contributed by atoms with E-state index in [0.29, 0.717) is 6.42 Å². The van der Waals surface area contributed by atoms with Crippen molar-refractivity contribution in [1.82, 2.24) is 0 Å². The molecular weight excluding hydrogens is 190 g/mol. The first-order valence-electron chi connectivity index (χ1n) is 4.38. The van der Waals surface area contributed by atoms with E-state index in [0.717, 1.165) is 5.56 Å². The van der Waals surface area contributed by atoms with Crippen LogP contribution in [0.1, 0.15) is 5.56 Å². The topological polar surface area (TPSA) is 23.8 Å². The Bertz CT molecular complexity index is 434. The van der Waals surface area contributed by atoms with Crippen LogP contribution in [0.25, 0.3) is 11.1 Å². The summed E-state index contributed by atoms with van der Waals surface area (Å²) >= 11 is 1.70. The van der Waals surface area contributed by atoms with Gasteiger partial charge in [0.15, 0.2) is 0 Å².